The fraction of sp³-hybridized carbons (Fsp3) is 0.560. The van der Waals surface area contributed by atoms with Gasteiger partial charge in [-0.25, -0.2) is 8.78 Å². The van der Waals surface area contributed by atoms with Crippen molar-refractivity contribution in [2.75, 3.05) is 32.7 Å². The predicted molar refractivity (Wildman–Crippen MR) is 130 cm³/mol. The Hall–Kier alpha value is -1.86. The standard InChI is InChI=1S/C25H34F2N4S/c1-18-3-5-20(6-4-18)14-30-9-7-25(15-30)8-10-31(16-25)19(2)22-11-21(12-24(26)27)32-23(22)13-29-17-28/h3-6,17,21,24H,2,7-16H2,1H3,(H2,28,29). The summed E-state index contributed by atoms with van der Waals surface area (Å²) in [6, 6.07) is 8.83. The van der Waals surface area contributed by atoms with Crippen LogP contribution in [0.15, 0.2) is 52.0 Å². The minimum atomic E-state index is -2.28. The van der Waals surface area contributed by atoms with Crippen LogP contribution >= 0.6 is 11.8 Å². The van der Waals surface area contributed by atoms with Gasteiger partial charge in [-0.05, 0) is 43.9 Å². The molecular formula is C25H34F2N4S. The molecule has 1 spiro atoms. The maximum absolute atomic E-state index is 13.0. The van der Waals surface area contributed by atoms with Crippen LogP contribution in [0.25, 0.3) is 0 Å². The van der Waals surface area contributed by atoms with Crippen molar-refractivity contribution in [2.45, 2.75) is 50.8 Å². The predicted octanol–water partition coefficient (Wildman–Crippen LogP) is 4.81. The van der Waals surface area contributed by atoms with Gasteiger partial charge in [0.1, 0.15) is 0 Å². The van der Waals surface area contributed by atoms with Gasteiger partial charge in [0, 0.05) is 53.9 Å². The van der Waals surface area contributed by atoms with Crippen LogP contribution in [0.2, 0.25) is 0 Å². The summed E-state index contributed by atoms with van der Waals surface area (Å²) in [4.78, 5) is 10.2. The lowest BCUT2D eigenvalue weighted by molar-refractivity contribution is 0.137. The van der Waals surface area contributed by atoms with Gasteiger partial charge in [0.2, 0.25) is 6.43 Å². The van der Waals surface area contributed by atoms with E-state index in [0.717, 1.165) is 55.3 Å². The Kier molecular flexibility index (Phi) is 7.25. The Morgan fingerprint density at radius 1 is 1.28 bits per heavy atom. The van der Waals surface area contributed by atoms with Crippen LogP contribution < -0.4 is 5.73 Å². The zero-order chi connectivity index (χ0) is 22.7. The van der Waals surface area contributed by atoms with Crippen LogP contribution in [0.4, 0.5) is 8.78 Å². The highest BCUT2D eigenvalue weighted by Gasteiger charge is 2.44. The fourth-order valence-corrected chi connectivity index (χ4v) is 6.72. The molecule has 0 aliphatic carbocycles. The van der Waals surface area contributed by atoms with Gasteiger partial charge in [-0.15, -0.1) is 11.8 Å². The van der Waals surface area contributed by atoms with E-state index in [2.05, 4.69) is 52.6 Å². The molecule has 3 aliphatic rings. The molecule has 7 heteroatoms. The number of allylic oxidation sites excluding steroid dienone is 1. The number of benzene rings is 1. The number of alkyl halides is 2. The molecule has 2 N–H and O–H groups in total. The SMILES string of the molecule is C=C(C1=C(CN=CN)SC(CC(F)F)C1)N1CCC2(CCN(Cc3ccc(C)cc3)C2)C1. The van der Waals surface area contributed by atoms with E-state index in [-0.39, 0.29) is 11.7 Å². The van der Waals surface area contributed by atoms with Crippen LogP contribution in [0.1, 0.15) is 36.8 Å². The summed E-state index contributed by atoms with van der Waals surface area (Å²) in [5.41, 5.74) is 10.5. The first-order chi connectivity index (χ1) is 15.4. The molecule has 3 heterocycles. The first kappa shape index (κ1) is 23.3. The fourth-order valence-electron chi connectivity index (χ4n) is 5.34. The second kappa shape index (κ2) is 9.96. The molecule has 2 saturated heterocycles. The summed E-state index contributed by atoms with van der Waals surface area (Å²) in [6.45, 7) is 12.2. The summed E-state index contributed by atoms with van der Waals surface area (Å²) in [5.74, 6) is 0. The maximum Gasteiger partial charge on any atom is 0.239 e. The number of aryl methyl sites for hydroxylation is 1. The molecular weight excluding hydrogens is 426 g/mol. The average molecular weight is 461 g/mol. The van der Waals surface area contributed by atoms with Crippen LogP contribution in [0.3, 0.4) is 0 Å². The molecule has 1 aromatic carbocycles. The molecule has 0 radical (unpaired) electrons. The molecule has 0 aromatic heterocycles. The Balaban J connectivity index is 1.38. The van der Waals surface area contributed by atoms with Gasteiger partial charge in [-0.1, -0.05) is 36.4 Å². The third-order valence-corrected chi connectivity index (χ3v) is 8.42. The molecule has 4 nitrogen and oxygen atoms in total. The topological polar surface area (TPSA) is 44.9 Å². The highest BCUT2D eigenvalue weighted by Crippen LogP contribution is 2.47. The van der Waals surface area contributed by atoms with Crippen LogP contribution in [0.5, 0.6) is 0 Å². The van der Waals surface area contributed by atoms with Crippen LogP contribution in [-0.2, 0) is 6.54 Å². The largest absolute Gasteiger partial charge is 0.390 e. The minimum Gasteiger partial charge on any atom is -0.390 e. The van der Waals surface area contributed by atoms with Crippen molar-refractivity contribution < 1.29 is 8.78 Å². The van der Waals surface area contributed by atoms with E-state index >= 15 is 0 Å². The number of nitrogens with zero attached hydrogens (tertiary/aromatic N) is 3. The normalized spacial score (nSPS) is 26.5. The van der Waals surface area contributed by atoms with Gasteiger partial charge >= 0.3 is 0 Å². The summed E-state index contributed by atoms with van der Waals surface area (Å²) < 4.78 is 26.0. The Bertz CT molecular complexity index is 882. The average Bonchev–Trinajstić information content (AvgIpc) is 3.47. The van der Waals surface area contributed by atoms with Crippen molar-refractivity contribution in [3.8, 4) is 0 Å². The van der Waals surface area contributed by atoms with Crippen LogP contribution in [0, 0.1) is 12.3 Å². The lowest BCUT2D eigenvalue weighted by atomic mass is 9.86. The number of halogens is 2. The van der Waals surface area contributed by atoms with E-state index in [1.807, 2.05) is 0 Å². The van der Waals surface area contributed by atoms with Gasteiger partial charge in [0.25, 0.3) is 0 Å². The third kappa shape index (κ3) is 5.37. The first-order valence-electron chi connectivity index (χ1n) is 11.5. The summed E-state index contributed by atoms with van der Waals surface area (Å²) in [7, 11) is 0. The van der Waals surface area contributed by atoms with Crippen molar-refractivity contribution in [3.05, 3.63) is 58.1 Å². The summed E-state index contributed by atoms with van der Waals surface area (Å²) in [6.07, 6.45) is 1.93. The number of rotatable bonds is 8. The number of hydrogen-bond acceptors (Lipinski definition) is 4. The third-order valence-electron chi connectivity index (χ3n) is 7.07. The Morgan fingerprint density at radius 3 is 2.75 bits per heavy atom. The molecule has 32 heavy (non-hydrogen) atoms. The number of likely N-dealkylation sites (tertiary alicyclic amines) is 2. The highest BCUT2D eigenvalue weighted by atomic mass is 32.2. The smallest absolute Gasteiger partial charge is 0.239 e. The zero-order valence-corrected chi connectivity index (χ0v) is 19.7. The van der Waals surface area contributed by atoms with Crippen molar-refractivity contribution in [1.29, 1.82) is 0 Å². The number of thioether (sulfide) groups is 1. The molecule has 2 unspecified atom stereocenters. The highest BCUT2D eigenvalue weighted by molar-refractivity contribution is 8.04. The summed E-state index contributed by atoms with van der Waals surface area (Å²) >= 11 is 1.54. The van der Waals surface area contributed by atoms with E-state index in [4.69, 9.17) is 5.73 Å². The molecule has 4 rings (SSSR count). The van der Waals surface area contributed by atoms with E-state index < -0.39 is 6.43 Å². The monoisotopic (exact) mass is 460 g/mol. The number of nitrogens with two attached hydrogens (primary N) is 1. The minimum absolute atomic E-state index is 0.0881. The molecule has 174 valence electrons. The Labute approximate surface area is 194 Å². The molecule has 2 fully saturated rings. The van der Waals surface area contributed by atoms with E-state index in [1.165, 1.54) is 35.6 Å². The quantitative estimate of drug-likeness (QED) is 0.447. The molecule has 0 saturated carbocycles. The van der Waals surface area contributed by atoms with Crippen LogP contribution in [-0.4, -0.2) is 60.5 Å². The van der Waals surface area contributed by atoms with E-state index in [9.17, 15) is 8.78 Å². The molecule has 0 amide bonds. The van der Waals surface area contributed by atoms with Gasteiger partial charge in [0.15, 0.2) is 0 Å². The Morgan fingerprint density at radius 2 is 2.03 bits per heavy atom. The lowest BCUT2D eigenvalue weighted by Crippen LogP contribution is -2.30. The molecule has 2 atom stereocenters. The number of hydrogen-bond donors (Lipinski definition) is 1. The van der Waals surface area contributed by atoms with Crippen molar-refractivity contribution in [1.82, 2.24) is 9.80 Å². The van der Waals surface area contributed by atoms with Crippen molar-refractivity contribution >= 4 is 18.1 Å². The lowest BCUT2D eigenvalue weighted by Gasteiger charge is -2.27. The van der Waals surface area contributed by atoms with Gasteiger partial charge in [-0.3, -0.25) is 9.89 Å². The van der Waals surface area contributed by atoms with Crippen molar-refractivity contribution in [3.63, 3.8) is 0 Å². The van der Waals surface area contributed by atoms with Gasteiger partial charge in [0.05, 0.1) is 12.9 Å². The second-order valence-corrected chi connectivity index (χ2v) is 10.9. The molecule has 1 aromatic rings. The number of aliphatic imine (C=N–C) groups is 1. The van der Waals surface area contributed by atoms with E-state index in [0.29, 0.717) is 18.4 Å². The molecule has 3 aliphatic heterocycles. The maximum atomic E-state index is 13.0. The van der Waals surface area contributed by atoms with Gasteiger partial charge < -0.3 is 10.6 Å². The van der Waals surface area contributed by atoms with E-state index in [1.54, 1.807) is 0 Å². The van der Waals surface area contributed by atoms with Crippen molar-refractivity contribution in [2.24, 2.45) is 16.1 Å². The summed E-state index contributed by atoms with van der Waals surface area (Å²) in [5, 5.41) is -0.0993. The second-order valence-electron chi connectivity index (χ2n) is 9.53. The van der Waals surface area contributed by atoms with Gasteiger partial charge in [-0.2, -0.15) is 0 Å². The first-order valence-corrected chi connectivity index (χ1v) is 12.3. The zero-order valence-electron chi connectivity index (χ0n) is 18.9. The molecule has 0 bridgehead atoms.